The van der Waals surface area contributed by atoms with Crippen molar-refractivity contribution in [1.82, 2.24) is 10.3 Å². The lowest BCUT2D eigenvalue weighted by molar-refractivity contribution is -0.117. The standard InChI is InChI=1S/C18H19N3O3/c1-12(20-18(24)14-7-8-16(22)19-11-14)13-4-2-5-15(10-13)21-9-3-6-17(21)23/h2,4-5,7-8,10-12H,3,6,9H2,1H3,(H,19,22)(H,20,24)/t12-/m1/s1. The lowest BCUT2D eigenvalue weighted by Crippen LogP contribution is -2.28. The molecule has 2 aromatic rings. The molecule has 6 nitrogen and oxygen atoms in total. The van der Waals surface area contributed by atoms with E-state index in [-0.39, 0.29) is 23.4 Å². The van der Waals surface area contributed by atoms with Crippen LogP contribution in [0.4, 0.5) is 5.69 Å². The summed E-state index contributed by atoms with van der Waals surface area (Å²) in [4.78, 5) is 39.4. The molecular formula is C18H19N3O3. The van der Waals surface area contributed by atoms with Gasteiger partial charge in [-0.15, -0.1) is 0 Å². The zero-order chi connectivity index (χ0) is 17.1. The molecule has 1 saturated heterocycles. The molecule has 0 bridgehead atoms. The van der Waals surface area contributed by atoms with Crippen LogP contribution in [0.25, 0.3) is 0 Å². The molecule has 0 unspecified atom stereocenters. The van der Waals surface area contributed by atoms with E-state index < -0.39 is 0 Å². The summed E-state index contributed by atoms with van der Waals surface area (Å²) in [6, 6.07) is 10.2. The third-order valence-electron chi connectivity index (χ3n) is 4.15. The molecule has 1 aliphatic heterocycles. The van der Waals surface area contributed by atoms with Crippen molar-refractivity contribution in [3.8, 4) is 0 Å². The smallest absolute Gasteiger partial charge is 0.253 e. The number of hydrogen-bond acceptors (Lipinski definition) is 3. The number of carbonyl (C=O) groups excluding carboxylic acids is 2. The molecule has 1 aromatic heterocycles. The summed E-state index contributed by atoms with van der Waals surface area (Å²) in [5.74, 6) is -0.126. The molecule has 0 spiro atoms. The summed E-state index contributed by atoms with van der Waals surface area (Å²) in [5, 5.41) is 2.90. The molecule has 0 saturated carbocycles. The number of hydrogen-bond donors (Lipinski definition) is 2. The van der Waals surface area contributed by atoms with Crippen molar-refractivity contribution >= 4 is 17.5 Å². The summed E-state index contributed by atoms with van der Waals surface area (Å²) in [6.07, 6.45) is 2.86. The molecule has 1 aliphatic rings. The Morgan fingerprint density at radius 3 is 2.75 bits per heavy atom. The number of anilines is 1. The van der Waals surface area contributed by atoms with Crippen LogP contribution in [0.2, 0.25) is 0 Å². The van der Waals surface area contributed by atoms with Gasteiger partial charge in [0.2, 0.25) is 11.5 Å². The normalized spacial score (nSPS) is 15.4. The van der Waals surface area contributed by atoms with Gasteiger partial charge in [-0.3, -0.25) is 14.4 Å². The van der Waals surface area contributed by atoms with Crippen LogP contribution in [0, 0.1) is 0 Å². The van der Waals surface area contributed by atoms with Crippen LogP contribution in [-0.2, 0) is 4.79 Å². The number of carbonyl (C=O) groups is 2. The average Bonchev–Trinajstić information content (AvgIpc) is 3.01. The van der Waals surface area contributed by atoms with Crippen LogP contribution >= 0.6 is 0 Å². The summed E-state index contributed by atoms with van der Waals surface area (Å²) in [7, 11) is 0. The second-order valence-electron chi connectivity index (χ2n) is 5.88. The number of nitrogens with zero attached hydrogens (tertiary/aromatic N) is 1. The molecule has 1 aromatic carbocycles. The van der Waals surface area contributed by atoms with E-state index in [2.05, 4.69) is 10.3 Å². The molecule has 6 heteroatoms. The van der Waals surface area contributed by atoms with E-state index in [1.165, 1.54) is 18.3 Å². The maximum atomic E-state index is 12.2. The number of rotatable bonds is 4. The van der Waals surface area contributed by atoms with Crippen LogP contribution in [0.5, 0.6) is 0 Å². The predicted octanol–water partition coefficient (Wildman–Crippen LogP) is 1.99. The van der Waals surface area contributed by atoms with Gasteiger partial charge in [-0.05, 0) is 37.1 Å². The van der Waals surface area contributed by atoms with Gasteiger partial charge in [0.05, 0.1) is 11.6 Å². The highest BCUT2D eigenvalue weighted by Crippen LogP contribution is 2.24. The van der Waals surface area contributed by atoms with Gasteiger partial charge in [0.15, 0.2) is 0 Å². The number of amides is 2. The van der Waals surface area contributed by atoms with Gasteiger partial charge in [0.1, 0.15) is 0 Å². The highest BCUT2D eigenvalue weighted by molar-refractivity contribution is 5.95. The van der Waals surface area contributed by atoms with Crippen molar-refractivity contribution in [1.29, 1.82) is 0 Å². The summed E-state index contributed by atoms with van der Waals surface area (Å²) >= 11 is 0. The Labute approximate surface area is 139 Å². The number of aromatic amines is 1. The van der Waals surface area contributed by atoms with Gasteiger partial charge < -0.3 is 15.2 Å². The highest BCUT2D eigenvalue weighted by Gasteiger charge is 2.22. The van der Waals surface area contributed by atoms with Crippen molar-refractivity contribution < 1.29 is 9.59 Å². The number of nitrogens with one attached hydrogen (secondary N) is 2. The first-order valence-electron chi connectivity index (χ1n) is 7.94. The molecule has 0 aliphatic carbocycles. The number of pyridine rings is 1. The first-order chi connectivity index (χ1) is 11.5. The zero-order valence-corrected chi connectivity index (χ0v) is 13.4. The highest BCUT2D eigenvalue weighted by atomic mass is 16.2. The zero-order valence-electron chi connectivity index (χ0n) is 13.4. The van der Waals surface area contributed by atoms with E-state index in [1.807, 2.05) is 31.2 Å². The second kappa shape index (κ2) is 6.70. The Morgan fingerprint density at radius 2 is 2.08 bits per heavy atom. The van der Waals surface area contributed by atoms with E-state index in [9.17, 15) is 14.4 Å². The minimum Gasteiger partial charge on any atom is -0.345 e. The topological polar surface area (TPSA) is 82.3 Å². The minimum atomic E-state index is -0.263. The Morgan fingerprint density at radius 1 is 1.25 bits per heavy atom. The van der Waals surface area contributed by atoms with Crippen LogP contribution in [0.1, 0.15) is 41.7 Å². The third-order valence-corrected chi connectivity index (χ3v) is 4.15. The number of H-pyrrole nitrogens is 1. The lowest BCUT2D eigenvalue weighted by Gasteiger charge is -2.19. The first kappa shape index (κ1) is 16.0. The Bertz CT molecular complexity index is 808. The molecule has 1 fully saturated rings. The van der Waals surface area contributed by atoms with Gasteiger partial charge in [0, 0.05) is 30.9 Å². The van der Waals surface area contributed by atoms with Crippen LogP contribution in [-0.4, -0.2) is 23.3 Å². The van der Waals surface area contributed by atoms with E-state index in [0.29, 0.717) is 12.0 Å². The van der Waals surface area contributed by atoms with Gasteiger partial charge in [-0.2, -0.15) is 0 Å². The summed E-state index contributed by atoms with van der Waals surface area (Å²) in [5.41, 5.74) is 1.93. The van der Waals surface area contributed by atoms with E-state index in [1.54, 1.807) is 4.90 Å². The van der Waals surface area contributed by atoms with E-state index in [0.717, 1.165) is 24.2 Å². The summed E-state index contributed by atoms with van der Waals surface area (Å²) in [6.45, 7) is 2.62. The molecule has 1 atom stereocenters. The monoisotopic (exact) mass is 325 g/mol. The van der Waals surface area contributed by atoms with Crippen LogP contribution in [0.15, 0.2) is 47.4 Å². The van der Waals surface area contributed by atoms with Crippen LogP contribution in [0.3, 0.4) is 0 Å². The molecular weight excluding hydrogens is 306 g/mol. The maximum Gasteiger partial charge on any atom is 0.253 e. The van der Waals surface area contributed by atoms with Crippen molar-refractivity contribution in [2.24, 2.45) is 0 Å². The Hall–Kier alpha value is -2.89. The maximum absolute atomic E-state index is 12.2. The molecule has 0 radical (unpaired) electrons. The second-order valence-corrected chi connectivity index (χ2v) is 5.88. The number of aromatic nitrogens is 1. The van der Waals surface area contributed by atoms with Crippen LogP contribution < -0.4 is 15.8 Å². The molecule has 2 heterocycles. The predicted molar refractivity (Wildman–Crippen MR) is 91.0 cm³/mol. The molecule has 2 N–H and O–H groups in total. The molecule has 3 rings (SSSR count). The first-order valence-corrected chi connectivity index (χ1v) is 7.94. The quantitative estimate of drug-likeness (QED) is 0.902. The van der Waals surface area contributed by atoms with E-state index >= 15 is 0 Å². The average molecular weight is 325 g/mol. The fourth-order valence-corrected chi connectivity index (χ4v) is 2.80. The summed E-state index contributed by atoms with van der Waals surface area (Å²) < 4.78 is 0. The third kappa shape index (κ3) is 3.37. The van der Waals surface area contributed by atoms with Gasteiger partial charge in [0.25, 0.3) is 5.91 Å². The van der Waals surface area contributed by atoms with Crippen molar-refractivity contribution in [3.63, 3.8) is 0 Å². The fraction of sp³-hybridized carbons (Fsp3) is 0.278. The van der Waals surface area contributed by atoms with E-state index in [4.69, 9.17) is 0 Å². The molecule has 2 amide bonds. The Balaban J connectivity index is 1.74. The SMILES string of the molecule is C[C@@H](NC(=O)c1ccc(=O)[nH]c1)c1cccc(N2CCCC2=O)c1. The van der Waals surface area contributed by atoms with Crippen molar-refractivity contribution in [2.75, 3.05) is 11.4 Å². The fourth-order valence-electron chi connectivity index (χ4n) is 2.80. The largest absolute Gasteiger partial charge is 0.345 e. The van der Waals surface area contributed by atoms with Gasteiger partial charge >= 0.3 is 0 Å². The van der Waals surface area contributed by atoms with Gasteiger partial charge in [-0.1, -0.05) is 12.1 Å². The molecule has 24 heavy (non-hydrogen) atoms. The minimum absolute atomic E-state index is 0.136. The number of benzene rings is 1. The Kier molecular flexibility index (Phi) is 4.46. The van der Waals surface area contributed by atoms with Crippen molar-refractivity contribution in [3.05, 3.63) is 64.1 Å². The molecule has 124 valence electrons. The lowest BCUT2D eigenvalue weighted by atomic mass is 10.1. The van der Waals surface area contributed by atoms with Gasteiger partial charge in [-0.25, -0.2) is 0 Å². The van der Waals surface area contributed by atoms with Crippen molar-refractivity contribution in [2.45, 2.75) is 25.8 Å².